The van der Waals surface area contributed by atoms with Crippen LogP contribution in [0, 0.1) is 6.92 Å². The first kappa shape index (κ1) is 15.7. The lowest BCUT2D eigenvalue weighted by Crippen LogP contribution is -2.17. The zero-order valence-corrected chi connectivity index (χ0v) is 13.6. The van der Waals surface area contributed by atoms with Gasteiger partial charge in [0.15, 0.2) is 0 Å². The number of benzene rings is 1. The van der Waals surface area contributed by atoms with Gasteiger partial charge in [-0.2, -0.15) is 5.10 Å². The largest absolute Gasteiger partial charge is 0.439 e. The van der Waals surface area contributed by atoms with E-state index in [0.717, 1.165) is 5.69 Å². The fourth-order valence-corrected chi connectivity index (χ4v) is 2.33. The number of ether oxygens (including phenoxy) is 1. The van der Waals surface area contributed by atoms with Crippen LogP contribution in [0.2, 0.25) is 0 Å². The number of pyridine rings is 1. The maximum absolute atomic E-state index is 12.5. The van der Waals surface area contributed by atoms with E-state index >= 15 is 0 Å². The van der Waals surface area contributed by atoms with Crippen molar-refractivity contribution in [1.29, 1.82) is 0 Å². The van der Waals surface area contributed by atoms with Gasteiger partial charge < -0.3 is 10.1 Å². The highest BCUT2D eigenvalue weighted by Gasteiger charge is 2.13. The van der Waals surface area contributed by atoms with Crippen molar-refractivity contribution in [2.75, 3.05) is 5.32 Å². The molecule has 1 N–H and O–H groups in total. The molecule has 0 saturated heterocycles. The number of amides is 1. The summed E-state index contributed by atoms with van der Waals surface area (Å²) in [6.07, 6.45) is 1.66. The van der Waals surface area contributed by atoms with Gasteiger partial charge in [-0.1, -0.05) is 12.1 Å². The molecule has 0 fully saturated rings. The maximum Gasteiger partial charge on any atom is 0.273 e. The zero-order valence-electron chi connectivity index (χ0n) is 13.6. The van der Waals surface area contributed by atoms with Crippen molar-refractivity contribution in [3.8, 4) is 11.6 Å². The summed E-state index contributed by atoms with van der Waals surface area (Å²) < 4.78 is 7.35. The van der Waals surface area contributed by atoms with Gasteiger partial charge in [-0.05, 0) is 38.1 Å². The Morgan fingerprint density at radius 2 is 2.08 bits per heavy atom. The van der Waals surface area contributed by atoms with Gasteiger partial charge in [0.2, 0.25) is 5.88 Å². The molecule has 1 amide bonds. The van der Waals surface area contributed by atoms with E-state index in [9.17, 15) is 4.79 Å². The smallest absolute Gasteiger partial charge is 0.273 e. The Morgan fingerprint density at radius 3 is 2.83 bits per heavy atom. The topological polar surface area (TPSA) is 69.0 Å². The van der Waals surface area contributed by atoms with Gasteiger partial charge in [-0.25, -0.2) is 4.98 Å². The fraction of sp³-hybridized carbons (Fsp3) is 0.167. The van der Waals surface area contributed by atoms with Crippen LogP contribution in [0.15, 0.2) is 54.7 Å². The zero-order chi connectivity index (χ0) is 16.9. The molecule has 0 unspecified atom stereocenters. The SMILES string of the molecule is CCn1nc(C)cc1C(=O)Nc1cccc(Oc2ccccn2)c1. The van der Waals surface area contributed by atoms with Gasteiger partial charge in [0.1, 0.15) is 11.4 Å². The van der Waals surface area contributed by atoms with E-state index in [1.807, 2.05) is 44.2 Å². The Hall–Kier alpha value is -3.15. The quantitative estimate of drug-likeness (QED) is 0.778. The minimum absolute atomic E-state index is 0.201. The van der Waals surface area contributed by atoms with Gasteiger partial charge in [-0.15, -0.1) is 0 Å². The van der Waals surface area contributed by atoms with Crippen molar-refractivity contribution < 1.29 is 9.53 Å². The van der Waals surface area contributed by atoms with Crippen molar-refractivity contribution in [3.63, 3.8) is 0 Å². The average Bonchev–Trinajstić information content (AvgIpc) is 2.97. The number of nitrogens with one attached hydrogen (secondary N) is 1. The fourth-order valence-electron chi connectivity index (χ4n) is 2.33. The van der Waals surface area contributed by atoms with Crippen molar-refractivity contribution in [2.24, 2.45) is 0 Å². The third-order valence-corrected chi connectivity index (χ3v) is 3.39. The molecule has 0 saturated carbocycles. The van der Waals surface area contributed by atoms with Gasteiger partial charge in [0.25, 0.3) is 5.91 Å². The summed E-state index contributed by atoms with van der Waals surface area (Å²) in [7, 11) is 0. The lowest BCUT2D eigenvalue weighted by atomic mass is 10.2. The molecule has 6 nitrogen and oxygen atoms in total. The molecule has 0 aliphatic carbocycles. The van der Waals surface area contributed by atoms with Crippen LogP contribution < -0.4 is 10.1 Å². The van der Waals surface area contributed by atoms with Crippen molar-refractivity contribution in [1.82, 2.24) is 14.8 Å². The Morgan fingerprint density at radius 1 is 1.21 bits per heavy atom. The van der Waals surface area contributed by atoms with Crippen LogP contribution in [-0.4, -0.2) is 20.7 Å². The van der Waals surface area contributed by atoms with Crippen LogP contribution in [0.25, 0.3) is 0 Å². The highest BCUT2D eigenvalue weighted by atomic mass is 16.5. The van der Waals surface area contributed by atoms with Crippen LogP contribution >= 0.6 is 0 Å². The normalized spacial score (nSPS) is 10.4. The van der Waals surface area contributed by atoms with Gasteiger partial charge >= 0.3 is 0 Å². The van der Waals surface area contributed by atoms with Crippen LogP contribution in [0.3, 0.4) is 0 Å². The number of carbonyl (C=O) groups is 1. The summed E-state index contributed by atoms with van der Waals surface area (Å²) >= 11 is 0. The van der Waals surface area contributed by atoms with Crippen LogP contribution in [0.1, 0.15) is 23.1 Å². The summed E-state index contributed by atoms with van der Waals surface area (Å²) in [5, 5.41) is 7.16. The first-order valence-electron chi connectivity index (χ1n) is 7.70. The molecule has 0 atom stereocenters. The second-order valence-electron chi connectivity index (χ2n) is 5.24. The average molecular weight is 322 g/mol. The monoisotopic (exact) mass is 322 g/mol. The van der Waals surface area contributed by atoms with Crippen molar-refractivity contribution in [2.45, 2.75) is 20.4 Å². The standard InChI is InChI=1S/C18H18N4O2/c1-3-22-16(11-13(2)21-22)18(23)20-14-7-6-8-15(12-14)24-17-9-4-5-10-19-17/h4-12H,3H2,1-2H3,(H,20,23). The molecule has 1 aromatic carbocycles. The second kappa shape index (κ2) is 6.95. The van der Waals surface area contributed by atoms with E-state index in [0.29, 0.717) is 29.6 Å². The minimum Gasteiger partial charge on any atom is -0.439 e. The number of carbonyl (C=O) groups excluding carboxylic acids is 1. The van der Waals surface area contributed by atoms with Crippen LogP contribution in [0.4, 0.5) is 5.69 Å². The van der Waals surface area contributed by atoms with Crippen LogP contribution in [0.5, 0.6) is 11.6 Å². The molecule has 0 radical (unpaired) electrons. The molecule has 3 rings (SSSR count). The molecular formula is C18H18N4O2. The van der Waals surface area contributed by atoms with Gasteiger partial charge in [0.05, 0.1) is 5.69 Å². The Bertz CT molecular complexity index is 843. The molecule has 6 heteroatoms. The molecule has 0 spiro atoms. The molecule has 0 aliphatic heterocycles. The number of rotatable bonds is 5. The van der Waals surface area contributed by atoms with Gasteiger partial charge in [-0.3, -0.25) is 9.48 Å². The molecule has 24 heavy (non-hydrogen) atoms. The maximum atomic E-state index is 12.5. The van der Waals surface area contributed by atoms with E-state index in [-0.39, 0.29) is 5.91 Å². The summed E-state index contributed by atoms with van der Waals surface area (Å²) in [4.78, 5) is 16.6. The predicted octanol–water partition coefficient (Wildman–Crippen LogP) is 3.65. The van der Waals surface area contributed by atoms with Gasteiger partial charge in [0, 0.05) is 30.6 Å². The molecule has 122 valence electrons. The first-order chi connectivity index (χ1) is 11.7. The van der Waals surface area contributed by atoms with E-state index in [1.54, 1.807) is 29.1 Å². The van der Waals surface area contributed by atoms with E-state index in [4.69, 9.17) is 4.74 Å². The highest BCUT2D eigenvalue weighted by Crippen LogP contribution is 2.22. The number of aromatic nitrogens is 3. The lowest BCUT2D eigenvalue weighted by Gasteiger charge is -2.09. The summed E-state index contributed by atoms with van der Waals surface area (Å²) in [6, 6.07) is 14.4. The van der Waals surface area contributed by atoms with E-state index in [2.05, 4.69) is 15.4 Å². The second-order valence-corrected chi connectivity index (χ2v) is 5.24. The van der Waals surface area contributed by atoms with Crippen LogP contribution in [-0.2, 0) is 6.54 Å². The number of nitrogens with zero attached hydrogens (tertiary/aromatic N) is 3. The summed E-state index contributed by atoms with van der Waals surface area (Å²) in [5.74, 6) is 0.903. The third kappa shape index (κ3) is 3.60. The minimum atomic E-state index is -0.201. The molecule has 0 aliphatic rings. The molecular weight excluding hydrogens is 304 g/mol. The van der Waals surface area contributed by atoms with Crippen molar-refractivity contribution in [3.05, 3.63) is 66.1 Å². The molecule has 2 aromatic heterocycles. The Labute approximate surface area is 140 Å². The van der Waals surface area contributed by atoms with E-state index in [1.165, 1.54) is 0 Å². The Balaban J connectivity index is 1.75. The highest BCUT2D eigenvalue weighted by molar-refractivity contribution is 6.03. The third-order valence-electron chi connectivity index (χ3n) is 3.39. The van der Waals surface area contributed by atoms with E-state index < -0.39 is 0 Å². The molecule has 2 heterocycles. The number of anilines is 1. The number of hydrogen-bond donors (Lipinski definition) is 1. The Kier molecular flexibility index (Phi) is 4.56. The first-order valence-corrected chi connectivity index (χ1v) is 7.70. The summed E-state index contributed by atoms with van der Waals surface area (Å²) in [6.45, 7) is 4.45. The molecule has 3 aromatic rings. The number of aryl methyl sites for hydroxylation is 2. The summed E-state index contributed by atoms with van der Waals surface area (Å²) in [5.41, 5.74) is 2.00. The lowest BCUT2D eigenvalue weighted by molar-refractivity contribution is 0.101. The molecule has 0 bridgehead atoms. The number of hydrogen-bond acceptors (Lipinski definition) is 4. The van der Waals surface area contributed by atoms with Crippen molar-refractivity contribution >= 4 is 11.6 Å². The predicted molar refractivity (Wildman–Crippen MR) is 91.3 cm³/mol.